The number of nitro benzene ring substituents is 1. The number of nitrogens with one attached hydrogen (secondary N) is 1. The third kappa shape index (κ3) is 2.87. The lowest BCUT2D eigenvalue weighted by Gasteiger charge is -2.07. The molecule has 1 heterocycles. The van der Waals surface area contributed by atoms with Crippen LogP contribution in [0, 0.1) is 21.7 Å². The number of nitro groups is 1. The van der Waals surface area contributed by atoms with Crippen molar-refractivity contribution in [2.24, 2.45) is 0 Å². The molecule has 112 valence electrons. The summed E-state index contributed by atoms with van der Waals surface area (Å²) in [5.74, 6) is -2.28. The third-order valence-electron chi connectivity index (χ3n) is 2.94. The number of aromatic nitrogens is 2. The molecule has 0 spiro atoms. The van der Waals surface area contributed by atoms with Crippen LogP contribution in [0.2, 0.25) is 0 Å². The molecule has 9 heteroatoms. The van der Waals surface area contributed by atoms with Crippen molar-refractivity contribution in [2.75, 3.05) is 7.05 Å². The van der Waals surface area contributed by atoms with Gasteiger partial charge in [0.25, 0.3) is 5.89 Å². The Bertz CT molecular complexity index is 671. The number of benzene rings is 1. The second-order valence-electron chi connectivity index (χ2n) is 4.24. The van der Waals surface area contributed by atoms with E-state index < -0.39 is 27.8 Å². The zero-order chi connectivity index (χ0) is 15.6. The van der Waals surface area contributed by atoms with Crippen molar-refractivity contribution in [2.45, 2.75) is 19.4 Å². The fourth-order valence-electron chi connectivity index (χ4n) is 1.85. The van der Waals surface area contributed by atoms with Gasteiger partial charge in [-0.1, -0.05) is 6.92 Å². The molecule has 1 aromatic heterocycles. The molecule has 21 heavy (non-hydrogen) atoms. The average Bonchev–Trinajstić information content (AvgIpc) is 2.91. The van der Waals surface area contributed by atoms with E-state index in [0.717, 1.165) is 6.07 Å². The number of hydrogen-bond acceptors (Lipinski definition) is 6. The topological polar surface area (TPSA) is 94.1 Å². The van der Waals surface area contributed by atoms with Crippen LogP contribution >= 0.6 is 0 Å². The van der Waals surface area contributed by atoms with Crippen LogP contribution < -0.4 is 5.32 Å². The van der Waals surface area contributed by atoms with Gasteiger partial charge in [0.05, 0.1) is 22.6 Å². The fourth-order valence-corrected chi connectivity index (χ4v) is 1.85. The lowest BCUT2D eigenvalue weighted by atomic mass is 10.2. The van der Waals surface area contributed by atoms with Gasteiger partial charge >= 0.3 is 5.69 Å². The molecule has 0 bridgehead atoms. The highest BCUT2D eigenvalue weighted by Crippen LogP contribution is 2.30. The van der Waals surface area contributed by atoms with E-state index >= 15 is 0 Å². The first kappa shape index (κ1) is 15.0. The van der Waals surface area contributed by atoms with Gasteiger partial charge in [-0.25, -0.2) is 4.39 Å². The monoisotopic (exact) mass is 298 g/mol. The van der Waals surface area contributed by atoms with E-state index in [2.05, 4.69) is 15.5 Å². The van der Waals surface area contributed by atoms with E-state index in [9.17, 15) is 18.9 Å². The van der Waals surface area contributed by atoms with Crippen LogP contribution in [-0.4, -0.2) is 22.2 Å². The van der Waals surface area contributed by atoms with Crippen molar-refractivity contribution in [1.82, 2.24) is 15.5 Å². The maximum Gasteiger partial charge on any atom is 0.308 e. The van der Waals surface area contributed by atoms with Crippen LogP contribution in [0.15, 0.2) is 16.5 Å². The van der Waals surface area contributed by atoms with Crippen molar-refractivity contribution < 1.29 is 18.1 Å². The lowest BCUT2D eigenvalue weighted by Crippen LogP contribution is -2.15. The van der Waals surface area contributed by atoms with E-state index in [-0.39, 0.29) is 17.8 Å². The zero-order valence-electron chi connectivity index (χ0n) is 11.3. The first-order valence-corrected chi connectivity index (χ1v) is 6.12. The highest BCUT2D eigenvalue weighted by atomic mass is 19.1. The van der Waals surface area contributed by atoms with Gasteiger partial charge in [0.2, 0.25) is 11.7 Å². The molecule has 1 aromatic carbocycles. The smallest absolute Gasteiger partial charge is 0.308 e. The van der Waals surface area contributed by atoms with Crippen molar-refractivity contribution in [3.8, 4) is 11.5 Å². The van der Waals surface area contributed by atoms with E-state index in [1.807, 2.05) is 6.92 Å². The number of hydrogen-bond donors (Lipinski definition) is 1. The standard InChI is InChI=1S/C12H12F2N4O3/c1-3-8(15-2)12-17-16-11(21-12)7-4-6(13)5-9(10(7)14)18(19)20/h4-5,8,15H,3H2,1-2H3. The summed E-state index contributed by atoms with van der Waals surface area (Å²) < 4.78 is 32.7. The van der Waals surface area contributed by atoms with Gasteiger partial charge < -0.3 is 9.73 Å². The molecular formula is C12H12F2N4O3. The molecule has 0 aliphatic rings. The molecule has 0 amide bonds. The van der Waals surface area contributed by atoms with Gasteiger partial charge in [0.15, 0.2) is 0 Å². The summed E-state index contributed by atoms with van der Waals surface area (Å²) in [6.07, 6.45) is 0.643. The van der Waals surface area contributed by atoms with Crippen LogP contribution in [0.1, 0.15) is 25.3 Å². The molecule has 0 saturated heterocycles. The van der Waals surface area contributed by atoms with Gasteiger partial charge in [0, 0.05) is 0 Å². The molecule has 0 radical (unpaired) electrons. The van der Waals surface area contributed by atoms with Crippen molar-refractivity contribution >= 4 is 5.69 Å². The largest absolute Gasteiger partial charge is 0.419 e. The van der Waals surface area contributed by atoms with Crippen LogP contribution in [-0.2, 0) is 0 Å². The van der Waals surface area contributed by atoms with E-state index in [4.69, 9.17) is 4.42 Å². The quantitative estimate of drug-likeness (QED) is 0.673. The Balaban J connectivity index is 2.50. The molecule has 2 aromatic rings. The second-order valence-corrected chi connectivity index (χ2v) is 4.24. The molecule has 0 fully saturated rings. The Morgan fingerprint density at radius 2 is 2.14 bits per heavy atom. The Morgan fingerprint density at radius 1 is 1.43 bits per heavy atom. The Kier molecular flexibility index (Phi) is 4.22. The van der Waals surface area contributed by atoms with Crippen LogP contribution in [0.5, 0.6) is 0 Å². The highest BCUT2D eigenvalue weighted by Gasteiger charge is 2.25. The van der Waals surface area contributed by atoms with E-state index in [1.54, 1.807) is 7.05 Å². The van der Waals surface area contributed by atoms with Crippen molar-refractivity contribution in [3.63, 3.8) is 0 Å². The van der Waals surface area contributed by atoms with Crippen LogP contribution in [0.25, 0.3) is 11.5 Å². The first-order chi connectivity index (χ1) is 9.97. The SMILES string of the molecule is CCC(NC)c1nnc(-c2cc(F)cc([N+](=O)[O-])c2F)o1. The molecule has 1 unspecified atom stereocenters. The Labute approximate surface area is 118 Å². The zero-order valence-corrected chi connectivity index (χ0v) is 11.3. The summed E-state index contributed by atoms with van der Waals surface area (Å²) in [6, 6.07) is 1.04. The average molecular weight is 298 g/mol. The van der Waals surface area contributed by atoms with Gasteiger partial charge in [-0.15, -0.1) is 10.2 Å². The second kappa shape index (κ2) is 5.92. The minimum Gasteiger partial charge on any atom is -0.419 e. The first-order valence-electron chi connectivity index (χ1n) is 6.12. The molecule has 2 rings (SSSR count). The lowest BCUT2D eigenvalue weighted by molar-refractivity contribution is -0.387. The summed E-state index contributed by atoms with van der Waals surface area (Å²) in [5, 5.41) is 21.0. The maximum absolute atomic E-state index is 14.0. The minimum atomic E-state index is -1.21. The van der Waals surface area contributed by atoms with Gasteiger partial charge in [-0.3, -0.25) is 10.1 Å². The van der Waals surface area contributed by atoms with E-state index in [1.165, 1.54) is 0 Å². The molecular weight excluding hydrogens is 286 g/mol. The normalized spacial score (nSPS) is 12.4. The molecule has 0 aliphatic heterocycles. The third-order valence-corrected chi connectivity index (χ3v) is 2.94. The van der Waals surface area contributed by atoms with Crippen molar-refractivity contribution in [3.05, 3.63) is 39.8 Å². The molecule has 0 saturated carbocycles. The summed E-state index contributed by atoms with van der Waals surface area (Å²) in [4.78, 5) is 9.67. The number of nitrogens with zero attached hydrogens (tertiary/aromatic N) is 3. The predicted molar refractivity (Wildman–Crippen MR) is 68.4 cm³/mol. The van der Waals surface area contributed by atoms with Gasteiger partial charge in [-0.05, 0) is 19.5 Å². The fraction of sp³-hybridized carbons (Fsp3) is 0.333. The summed E-state index contributed by atoms with van der Waals surface area (Å²) >= 11 is 0. The summed E-state index contributed by atoms with van der Waals surface area (Å²) in [5.41, 5.74) is -1.42. The summed E-state index contributed by atoms with van der Waals surface area (Å²) in [6.45, 7) is 1.87. The number of halogens is 2. The highest BCUT2D eigenvalue weighted by molar-refractivity contribution is 5.59. The molecule has 0 aliphatic carbocycles. The van der Waals surface area contributed by atoms with Gasteiger partial charge in [0.1, 0.15) is 5.82 Å². The molecule has 1 N–H and O–H groups in total. The van der Waals surface area contributed by atoms with Crippen molar-refractivity contribution in [1.29, 1.82) is 0 Å². The molecule has 1 atom stereocenters. The molecule has 7 nitrogen and oxygen atoms in total. The predicted octanol–water partition coefficient (Wildman–Crippen LogP) is 2.59. The van der Waals surface area contributed by atoms with Crippen LogP contribution in [0.4, 0.5) is 14.5 Å². The number of rotatable bonds is 5. The van der Waals surface area contributed by atoms with Crippen LogP contribution in [0.3, 0.4) is 0 Å². The maximum atomic E-state index is 14.0. The van der Waals surface area contributed by atoms with Gasteiger partial charge in [-0.2, -0.15) is 4.39 Å². The Morgan fingerprint density at radius 3 is 2.71 bits per heavy atom. The summed E-state index contributed by atoms with van der Waals surface area (Å²) in [7, 11) is 1.69. The Hall–Kier alpha value is -2.42. The minimum absolute atomic E-state index is 0.196. The van der Waals surface area contributed by atoms with E-state index in [0.29, 0.717) is 12.5 Å².